The van der Waals surface area contributed by atoms with Crippen LogP contribution >= 0.6 is 15.9 Å². The van der Waals surface area contributed by atoms with Gasteiger partial charge in [-0.15, -0.1) is 0 Å². The Labute approximate surface area is 130 Å². The zero-order chi connectivity index (χ0) is 15.1. The quantitative estimate of drug-likeness (QED) is 0.711. The van der Waals surface area contributed by atoms with E-state index in [2.05, 4.69) is 21.2 Å². The number of likely N-dealkylation sites (tertiary alicyclic amines) is 1. The lowest BCUT2D eigenvalue weighted by Crippen LogP contribution is -2.50. The van der Waals surface area contributed by atoms with Crippen LogP contribution in [0, 0.1) is 5.92 Å². The lowest BCUT2D eigenvalue weighted by atomic mass is 9.98. The van der Waals surface area contributed by atoms with E-state index < -0.39 is 12.1 Å². The number of nitrogens with one attached hydrogen (secondary N) is 1. The van der Waals surface area contributed by atoms with Crippen LogP contribution in [-0.2, 0) is 4.79 Å². The van der Waals surface area contributed by atoms with Crippen LogP contribution in [0.4, 0.5) is 16.2 Å². The average Bonchev–Trinajstić information content (AvgIpc) is 3.02. The molecule has 3 atom stereocenters. The summed E-state index contributed by atoms with van der Waals surface area (Å²) < 4.78 is 0.824. The Bertz CT molecular complexity index is 607. The van der Waals surface area contributed by atoms with Gasteiger partial charge in [-0.1, -0.05) is 15.9 Å². The standard InChI is InChI=1S/C14H16BrN3O3/c15-8-2-4-11(10(16)6-8)17-13(19)12-7-1-3-9(5-7)18(12)14(20)21/h2,4,6-7,9,12H,1,3,5,16H2,(H,17,19)(H,20,21). The lowest BCUT2D eigenvalue weighted by Gasteiger charge is -2.32. The largest absolute Gasteiger partial charge is 0.465 e. The highest BCUT2D eigenvalue weighted by atomic mass is 79.9. The van der Waals surface area contributed by atoms with Crippen LogP contribution in [-0.4, -0.2) is 34.1 Å². The third-order valence-electron chi connectivity index (χ3n) is 4.35. The van der Waals surface area contributed by atoms with E-state index >= 15 is 0 Å². The Kier molecular flexibility index (Phi) is 3.52. The summed E-state index contributed by atoms with van der Waals surface area (Å²) in [5.74, 6) is -0.179. The van der Waals surface area contributed by atoms with Gasteiger partial charge in [0.1, 0.15) is 6.04 Å². The Morgan fingerprint density at radius 3 is 2.81 bits per heavy atom. The molecule has 1 aromatic rings. The van der Waals surface area contributed by atoms with Crippen molar-refractivity contribution >= 4 is 39.3 Å². The molecule has 2 bridgehead atoms. The molecule has 1 saturated heterocycles. The highest BCUT2D eigenvalue weighted by Gasteiger charge is 2.51. The summed E-state index contributed by atoms with van der Waals surface area (Å²) in [6, 6.07) is 4.55. The van der Waals surface area contributed by atoms with E-state index in [1.165, 1.54) is 4.90 Å². The first-order valence-electron chi connectivity index (χ1n) is 6.84. The summed E-state index contributed by atoms with van der Waals surface area (Å²) in [4.78, 5) is 25.2. The zero-order valence-corrected chi connectivity index (χ0v) is 12.8. The lowest BCUT2D eigenvalue weighted by molar-refractivity contribution is -0.122. The summed E-state index contributed by atoms with van der Waals surface area (Å²) in [5, 5.41) is 12.1. The third kappa shape index (κ3) is 2.46. The molecule has 7 heteroatoms. The van der Waals surface area contributed by atoms with Crippen molar-refractivity contribution in [3.63, 3.8) is 0 Å². The van der Waals surface area contributed by atoms with Crippen LogP contribution < -0.4 is 11.1 Å². The molecular weight excluding hydrogens is 338 g/mol. The average molecular weight is 354 g/mol. The number of carboxylic acid groups (broad SMARTS) is 1. The topological polar surface area (TPSA) is 95.7 Å². The fraction of sp³-hybridized carbons (Fsp3) is 0.429. The van der Waals surface area contributed by atoms with Crippen molar-refractivity contribution in [2.75, 3.05) is 11.1 Å². The van der Waals surface area contributed by atoms with Crippen molar-refractivity contribution in [1.82, 2.24) is 4.90 Å². The minimum absolute atomic E-state index is 0.0227. The molecule has 1 aliphatic heterocycles. The number of carbonyl (C=O) groups excluding carboxylic acids is 1. The van der Waals surface area contributed by atoms with Crippen LogP contribution in [0.15, 0.2) is 22.7 Å². The molecule has 0 spiro atoms. The minimum Gasteiger partial charge on any atom is -0.465 e. The number of hydrogen-bond acceptors (Lipinski definition) is 3. The van der Waals surface area contributed by atoms with E-state index in [4.69, 9.17) is 5.73 Å². The Morgan fingerprint density at radius 1 is 1.38 bits per heavy atom. The van der Waals surface area contributed by atoms with E-state index in [1.807, 2.05) is 0 Å². The molecule has 3 rings (SSSR count). The fourth-order valence-corrected chi connectivity index (χ4v) is 3.83. The highest BCUT2D eigenvalue weighted by molar-refractivity contribution is 9.10. The summed E-state index contributed by atoms with van der Waals surface area (Å²) in [7, 11) is 0. The van der Waals surface area contributed by atoms with E-state index in [0.717, 1.165) is 23.7 Å². The van der Waals surface area contributed by atoms with Crippen LogP contribution in [0.2, 0.25) is 0 Å². The predicted octanol–water partition coefficient (Wildman–Crippen LogP) is 2.50. The van der Waals surface area contributed by atoms with Gasteiger partial charge in [0.05, 0.1) is 11.4 Å². The van der Waals surface area contributed by atoms with Gasteiger partial charge in [0, 0.05) is 10.5 Å². The van der Waals surface area contributed by atoms with Crippen molar-refractivity contribution < 1.29 is 14.7 Å². The number of fused-ring (bicyclic) bond motifs is 2. The number of piperidine rings is 1. The predicted molar refractivity (Wildman–Crippen MR) is 82.0 cm³/mol. The van der Waals surface area contributed by atoms with Crippen LogP contribution in [0.5, 0.6) is 0 Å². The van der Waals surface area contributed by atoms with Crippen LogP contribution in [0.1, 0.15) is 19.3 Å². The van der Waals surface area contributed by atoms with Gasteiger partial charge in [-0.25, -0.2) is 4.79 Å². The number of hydrogen-bond donors (Lipinski definition) is 3. The molecule has 21 heavy (non-hydrogen) atoms. The number of nitrogens with two attached hydrogens (primary N) is 1. The van der Waals surface area contributed by atoms with Crippen molar-refractivity contribution in [2.24, 2.45) is 5.92 Å². The van der Waals surface area contributed by atoms with Gasteiger partial charge in [-0.2, -0.15) is 0 Å². The van der Waals surface area contributed by atoms with Crippen molar-refractivity contribution in [1.29, 1.82) is 0 Å². The Morgan fingerprint density at radius 2 is 2.14 bits per heavy atom. The number of benzene rings is 1. The van der Waals surface area contributed by atoms with Gasteiger partial charge in [-0.3, -0.25) is 9.69 Å². The molecule has 1 aliphatic carbocycles. The Balaban J connectivity index is 1.80. The summed E-state index contributed by atoms with van der Waals surface area (Å²) in [5.41, 5.74) is 6.82. The van der Waals surface area contributed by atoms with Gasteiger partial charge in [0.15, 0.2) is 0 Å². The number of carbonyl (C=O) groups is 2. The molecule has 0 radical (unpaired) electrons. The maximum atomic E-state index is 12.5. The monoisotopic (exact) mass is 353 g/mol. The first kappa shape index (κ1) is 14.2. The second-order valence-electron chi connectivity index (χ2n) is 5.58. The number of rotatable bonds is 2. The maximum Gasteiger partial charge on any atom is 0.408 e. The molecular formula is C14H16BrN3O3. The fourth-order valence-electron chi connectivity index (χ4n) is 3.45. The molecule has 2 amide bonds. The molecule has 2 aliphatic rings. The number of halogens is 1. The number of nitrogen functional groups attached to an aromatic ring is 1. The second kappa shape index (κ2) is 5.22. The molecule has 112 valence electrons. The first-order valence-corrected chi connectivity index (χ1v) is 7.64. The van der Waals surface area contributed by atoms with E-state index in [0.29, 0.717) is 11.4 Å². The van der Waals surface area contributed by atoms with Crippen LogP contribution in [0.25, 0.3) is 0 Å². The van der Waals surface area contributed by atoms with E-state index in [-0.39, 0.29) is 17.9 Å². The van der Waals surface area contributed by atoms with Gasteiger partial charge < -0.3 is 16.2 Å². The van der Waals surface area contributed by atoms with Gasteiger partial charge >= 0.3 is 6.09 Å². The second-order valence-corrected chi connectivity index (χ2v) is 6.50. The number of anilines is 2. The highest BCUT2D eigenvalue weighted by Crippen LogP contribution is 2.42. The van der Waals surface area contributed by atoms with Crippen LogP contribution in [0.3, 0.4) is 0 Å². The van der Waals surface area contributed by atoms with Gasteiger partial charge in [0.2, 0.25) is 5.91 Å². The molecule has 4 N–H and O–H groups in total. The summed E-state index contributed by atoms with van der Waals surface area (Å²) in [6.45, 7) is 0. The number of amides is 2. The molecule has 3 unspecified atom stereocenters. The SMILES string of the molecule is Nc1cc(Br)ccc1NC(=O)C1C2CCC(C2)N1C(=O)O. The van der Waals surface area contributed by atoms with Crippen molar-refractivity contribution in [3.8, 4) is 0 Å². The number of nitrogens with zero attached hydrogens (tertiary/aromatic N) is 1. The normalized spacial score (nSPS) is 26.9. The summed E-state index contributed by atoms with van der Waals surface area (Å²) in [6.07, 6.45) is 1.51. The molecule has 2 fully saturated rings. The van der Waals surface area contributed by atoms with Gasteiger partial charge in [-0.05, 0) is 43.4 Å². The smallest absolute Gasteiger partial charge is 0.408 e. The zero-order valence-electron chi connectivity index (χ0n) is 11.3. The molecule has 1 aromatic carbocycles. The molecule has 6 nitrogen and oxygen atoms in total. The van der Waals surface area contributed by atoms with E-state index in [9.17, 15) is 14.7 Å². The van der Waals surface area contributed by atoms with Crippen molar-refractivity contribution in [3.05, 3.63) is 22.7 Å². The minimum atomic E-state index is -1.02. The molecule has 0 aromatic heterocycles. The molecule has 1 heterocycles. The third-order valence-corrected chi connectivity index (χ3v) is 4.84. The molecule has 1 saturated carbocycles. The van der Waals surface area contributed by atoms with Crippen molar-refractivity contribution in [2.45, 2.75) is 31.3 Å². The Hall–Kier alpha value is -1.76. The van der Waals surface area contributed by atoms with E-state index in [1.54, 1.807) is 18.2 Å². The first-order chi connectivity index (χ1) is 9.97. The summed E-state index contributed by atoms with van der Waals surface area (Å²) >= 11 is 3.31. The van der Waals surface area contributed by atoms with Gasteiger partial charge in [0.25, 0.3) is 0 Å². The maximum absolute atomic E-state index is 12.5.